The Morgan fingerprint density at radius 3 is 2.59 bits per heavy atom. The maximum atomic E-state index is 12.7. The number of hydrogen-bond donors (Lipinski definition) is 0. The minimum atomic E-state index is -3.78. The molecule has 0 spiro atoms. The molecule has 0 atom stereocenters. The molecule has 0 unspecified atom stereocenters. The SMILES string of the molecule is CCOC(=O)c1cn(S(=O)(=O)c2cccc(C)c2)c(Br)c1C. The molecule has 1 heterocycles. The Bertz CT molecular complexity index is 824. The lowest BCUT2D eigenvalue weighted by atomic mass is 10.2. The van der Waals surface area contributed by atoms with Crippen molar-refractivity contribution in [2.45, 2.75) is 25.7 Å². The maximum absolute atomic E-state index is 12.7. The molecule has 1 aromatic carbocycles. The molecule has 0 fully saturated rings. The summed E-state index contributed by atoms with van der Waals surface area (Å²) in [5.74, 6) is -0.543. The van der Waals surface area contributed by atoms with Crippen LogP contribution in [0.15, 0.2) is 40.0 Å². The predicted molar refractivity (Wildman–Crippen MR) is 86.6 cm³/mol. The standard InChI is InChI=1S/C15H16BrNO4S/c1-4-21-15(18)13-9-17(14(16)11(13)3)22(19,20)12-7-5-6-10(2)8-12/h5-9H,4H2,1-3H3. The van der Waals surface area contributed by atoms with Crippen molar-refractivity contribution in [3.05, 3.63) is 51.8 Å². The van der Waals surface area contributed by atoms with Gasteiger partial charge >= 0.3 is 5.97 Å². The monoisotopic (exact) mass is 385 g/mol. The van der Waals surface area contributed by atoms with Gasteiger partial charge in [0.1, 0.15) is 4.60 Å². The van der Waals surface area contributed by atoms with E-state index in [9.17, 15) is 13.2 Å². The zero-order valence-corrected chi connectivity index (χ0v) is 14.9. The first-order valence-corrected chi connectivity index (χ1v) is 8.89. The van der Waals surface area contributed by atoms with Gasteiger partial charge in [0.05, 0.1) is 17.1 Å². The van der Waals surface area contributed by atoms with Gasteiger partial charge in [-0.3, -0.25) is 0 Å². The van der Waals surface area contributed by atoms with Crippen LogP contribution in [0, 0.1) is 13.8 Å². The zero-order chi connectivity index (χ0) is 16.5. The second-order valence-corrected chi connectivity index (χ2v) is 7.36. The van der Waals surface area contributed by atoms with Crippen molar-refractivity contribution in [3.63, 3.8) is 0 Å². The first-order chi connectivity index (χ1) is 10.3. The van der Waals surface area contributed by atoms with Gasteiger partial charge in [0.25, 0.3) is 10.0 Å². The lowest BCUT2D eigenvalue weighted by Crippen LogP contribution is -2.12. The first kappa shape index (κ1) is 16.8. The molecule has 2 aromatic rings. The normalized spacial score (nSPS) is 11.5. The molecule has 0 saturated heterocycles. The highest BCUT2D eigenvalue weighted by Crippen LogP contribution is 2.28. The van der Waals surface area contributed by atoms with Gasteiger partial charge in [-0.15, -0.1) is 0 Å². The highest BCUT2D eigenvalue weighted by molar-refractivity contribution is 9.10. The molecule has 118 valence electrons. The molecule has 0 aliphatic heterocycles. The topological polar surface area (TPSA) is 65.4 Å². The molecular weight excluding hydrogens is 370 g/mol. The molecule has 0 aliphatic carbocycles. The van der Waals surface area contributed by atoms with E-state index in [0.717, 1.165) is 9.54 Å². The van der Waals surface area contributed by atoms with Crippen molar-refractivity contribution in [1.82, 2.24) is 3.97 Å². The molecule has 0 aliphatic rings. The zero-order valence-electron chi connectivity index (χ0n) is 12.5. The van der Waals surface area contributed by atoms with E-state index in [-0.39, 0.29) is 17.1 Å². The Kier molecular flexibility index (Phi) is 4.77. The predicted octanol–water partition coefficient (Wildman–Crippen LogP) is 3.28. The fraction of sp³-hybridized carbons (Fsp3) is 0.267. The molecule has 0 bridgehead atoms. The van der Waals surface area contributed by atoms with Crippen molar-refractivity contribution < 1.29 is 17.9 Å². The quantitative estimate of drug-likeness (QED) is 0.757. The van der Waals surface area contributed by atoms with Crippen molar-refractivity contribution in [2.24, 2.45) is 0 Å². The Labute approximate surface area is 138 Å². The summed E-state index contributed by atoms with van der Waals surface area (Å²) >= 11 is 3.25. The van der Waals surface area contributed by atoms with Gasteiger partial charge in [0, 0.05) is 6.20 Å². The molecule has 0 N–H and O–H groups in total. The van der Waals surface area contributed by atoms with Gasteiger partial charge in [-0.2, -0.15) is 0 Å². The minimum Gasteiger partial charge on any atom is -0.462 e. The molecule has 0 amide bonds. The van der Waals surface area contributed by atoms with Crippen LogP contribution >= 0.6 is 15.9 Å². The van der Waals surface area contributed by atoms with Gasteiger partial charge in [0.15, 0.2) is 0 Å². The van der Waals surface area contributed by atoms with Gasteiger partial charge in [0.2, 0.25) is 0 Å². The summed E-state index contributed by atoms with van der Waals surface area (Å²) in [6, 6.07) is 6.60. The second kappa shape index (κ2) is 6.26. The molecule has 7 heteroatoms. The summed E-state index contributed by atoms with van der Waals surface area (Å²) in [7, 11) is -3.78. The van der Waals surface area contributed by atoms with Crippen molar-refractivity contribution in [3.8, 4) is 0 Å². The third-order valence-electron chi connectivity index (χ3n) is 3.19. The number of aromatic nitrogens is 1. The van der Waals surface area contributed by atoms with Crippen LogP contribution in [-0.4, -0.2) is 25.0 Å². The van der Waals surface area contributed by atoms with E-state index >= 15 is 0 Å². The number of hydrogen-bond acceptors (Lipinski definition) is 4. The molecule has 5 nitrogen and oxygen atoms in total. The van der Waals surface area contributed by atoms with Crippen LogP contribution in [-0.2, 0) is 14.8 Å². The maximum Gasteiger partial charge on any atom is 0.340 e. The highest BCUT2D eigenvalue weighted by atomic mass is 79.9. The number of nitrogens with zero attached hydrogens (tertiary/aromatic N) is 1. The summed E-state index contributed by atoms with van der Waals surface area (Å²) in [5, 5.41) is 0. The van der Waals surface area contributed by atoms with E-state index in [4.69, 9.17) is 4.74 Å². The average Bonchev–Trinajstić information content (AvgIpc) is 2.76. The van der Waals surface area contributed by atoms with E-state index in [2.05, 4.69) is 15.9 Å². The number of ether oxygens (including phenoxy) is 1. The lowest BCUT2D eigenvalue weighted by molar-refractivity contribution is 0.0525. The van der Waals surface area contributed by atoms with Crippen LogP contribution in [0.5, 0.6) is 0 Å². The Morgan fingerprint density at radius 2 is 2.00 bits per heavy atom. The summed E-state index contributed by atoms with van der Waals surface area (Å²) < 4.78 is 31.8. The highest BCUT2D eigenvalue weighted by Gasteiger charge is 2.25. The van der Waals surface area contributed by atoms with Gasteiger partial charge < -0.3 is 4.74 Å². The van der Waals surface area contributed by atoms with Gasteiger partial charge in [-0.05, 0) is 60.0 Å². The number of esters is 1. The third-order valence-corrected chi connectivity index (χ3v) is 6.06. The van der Waals surface area contributed by atoms with E-state index in [1.807, 2.05) is 13.0 Å². The fourth-order valence-corrected chi connectivity index (χ4v) is 4.32. The van der Waals surface area contributed by atoms with Crippen molar-refractivity contribution >= 4 is 31.9 Å². The van der Waals surface area contributed by atoms with E-state index < -0.39 is 16.0 Å². The number of aryl methyl sites for hydroxylation is 1. The molecule has 2 rings (SSSR count). The molecule has 0 saturated carbocycles. The van der Waals surface area contributed by atoms with E-state index in [1.54, 1.807) is 26.0 Å². The van der Waals surface area contributed by atoms with E-state index in [0.29, 0.717) is 10.2 Å². The van der Waals surface area contributed by atoms with Crippen molar-refractivity contribution in [2.75, 3.05) is 6.61 Å². The summed E-state index contributed by atoms with van der Waals surface area (Å²) in [5.41, 5.74) is 1.59. The molecule has 22 heavy (non-hydrogen) atoms. The third kappa shape index (κ3) is 2.96. The number of carbonyl (C=O) groups is 1. The number of carbonyl (C=O) groups excluding carboxylic acids is 1. The molecular formula is C15H16BrNO4S. The molecule has 1 aromatic heterocycles. The van der Waals surface area contributed by atoms with Crippen LogP contribution in [0.4, 0.5) is 0 Å². The van der Waals surface area contributed by atoms with Gasteiger partial charge in [-0.25, -0.2) is 17.2 Å². The van der Waals surface area contributed by atoms with Crippen LogP contribution in [0.1, 0.15) is 28.4 Å². The second-order valence-electron chi connectivity index (χ2n) is 4.80. The Morgan fingerprint density at radius 1 is 1.32 bits per heavy atom. The summed E-state index contributed by atoms with van der Waals surface area (Å²) in [6.07, 6.45) is 1.29. The number of halogens is 1. The summed E-state index contributed by atoms with van der Waals surface area (Å²) in [6.45, 7) is 5.41. The lowest BCUT2D eigenvalue weighted by Gasteiger charge is -2.08. The van der Waals surface area contributed by atoms with E-state index in [1.165, 1.54) is 12.3 Å². The Balaban J connectivity index is 2.58. The number of benzene rings is 1. The van der Waals surface area contributed by atoms with Crippen LogP contribution in [0.3, 0.4) is 0 Å². The van der Waals surface area contributed by atoms with Crippen LogP contribution < -0.4 is 0 Å². The fourth-order valence-electron chi connectivity index (χ4n) is 2.03. The van der Waals surface area contributed by atoms with Crippen LogP contribution in [0.25, 0.3) is 0 Å². The largest absolute Gasteiger partial charge is 0.462 e. The Hall–Kier alpha value is -1.60. The summed E-state index contributed by atoms with van der Waals surface area (Å²) in [4.78, 5) is 12.1. The number of rotatable bonds is 4. The minimum absolute atomic E-state index is 0.165. The smallest absolute Gasteiger partial charge is 0.340 e. The van der Waals surface area contributed by atoms with Crippen molar-refractivity contribution in [1.29, 1.82) is 0 Å². The molecule has 0 radical (unpaired) electrons. The van der Waals surface area contributed by atoms with Crippen LogP contribution in [0.2, 0.25) is 0 Å². The first-order valence-electron chi connectivity index (χ1n) is 6.65. The average molecular weight is 386 g/mol. The van der Waals surface area contributed by atoms with Gasteiger partial charge in [-0.1, -0.05) is 12.1 Å².